The summed E-state index contributed by atoms with van der Waals surface area (Å²) in [5.74, 6) is -0.159. The first kappa shape index (κ1) is 19.1. The number of aromatic nitrogens is 3. The predicted molar refractivity (Wildman–Crippen MR) is 112 cm³/mol. The lowest BCUT2D eigenvalue weighted by molar-refractivity contribution is 0.618. The van der Waals surface area contributed by atoms with Crippen molar-refractivity contribution in [1.29, 1.82) is 5.26 Å². The van der Waals surface area contributed by atoms with Crippen molar-refractivity contribution in [3.63, 3.8) is 0 Å². The SMILES string of the molecule is C[C@H](Nc1ncnc(N)c1C#N)c1cc2ccc(F)cn2c(=O)c1-c1ccccc1. The average Bonchev–Trinajstić information content (AvgIpc) is 2.75. The van der Waals surface area contributed by atoms with Crippen LogP contribution in [0.25, 0.3) is 16.6 Å². The van der Waals surface area contributed by atoms with Crippen molar-refractivity contribution in [2.24, 2.45) is 0 Å². The van der Waals surface area contributed by atoms with Crippen molar-refractivity contribution >= 4 is 17.2 Å². The van der Waals surface area contributed by atoms with Crippen LogP contribution in [-0.2, 0) is 0 Å². The molecule has 1 atom stereocenters. The van der Waals surface area contributed by atoms with Gasteiger partial charge in [0.05, 0.1) is 11.6 Å². The van der Waals surface area contributed by atoms with Gasteiger partial charge in [0.2, 0.25) is 0 Å². The monoisotopic (exact) mass is 400 g/mol. The Morgan fingerprint density at radius 3 is 2.70 bits per heavy atom. The number of hydrogen-bond donors (Lipinski definition) is 2. The Labute approximate surface area is 171 Å². The number of fused-ring (bicyclic) bond motifs is 1. The van der Waals surface area contributed by atoms with Crippen molar-refractivity contribution in [3.05, 3.63) is 88.4 Å². The molecule has 0 aliphatic rings. The van der Waals surface area contributed by atoms with Gasteiger partial charge < -0.3 is 11.1 Å². The number of nitriles is 1. The minimum absolute atomic E-state index is 0.0690. The molecule has 4 aromatic rings. The molecule has 3 heterocycles. The zero-order chi connectivity index (χ0) is 21.3. The molecule has 4 rings (SSSR count). The second kappa shape index (κ2) is 7.64. The van der Waals surface area contributed by atoms with Crippen molar-refractivity contribution < 1.29 is 4.39 Å². The summed E-state index contributed by atoms with van der Waals surface area (Å²) in [4.78, 5) is 21.3. The van der Waals surface area contributed by atoms with Crippen LogP contribution in [0.4, 0.5) is 16.0 Å². The minimum atomic E-state index is -0.502. The van der Waals surface area contributed by atoms with Crippen molar-refractivity contribution in [3.8, 4) is 17.2 Å². The maximum Gasteiger partial charge on any atom is 0.263 e. The first-order chi connectivity index (χ1) is 14.5. The van der Waals surface area contributed by atoms with Gasteiger partial charge in [-0.3, -0.25) is 9.20 Å². The van der Waals surface area contributed by atoms with E-state index in [1.165, 1.54) is 23.0 Å². The summed E-state index contributed by atoms with van der Waals surface area (Å²) in [7, 11) is 0. The zero-order valence-corrected chi connectivity index (χ0v) is 16.0. The minimum Gasteiger partial charge on any atom is -0.382 e. The second-order valence-electron chi connectivity index (χ2n) is 6.75. The molecule has 0 aliphatic carbocycles. The van der Waals surface area contributed by atoms with Gasteiger partial charge >= 0.3 is 0 Å². The molecule has 0 saturated carbocycles. The third-order valence-corrected chi connectivity index (χ3v) is 4.84. The van der Waals surface area contributed by atoms with E-state index in [0.717, 1.165) is 0 Å². The number of benzene rings is 1. The molecule has 0 aliphatic heterocycles. The maximum absolute atomic E-state index is 13.8. The van der Waals surface area contributed by atoms with E-state index in [-0.39, 0.29) is 22.8 Å². The quantitative estimate of drug-likeness (QED) is 0.542. The number of nitrogens with two attached hydrogens (primary N) is 1. The summed E-state index contributed by atoms with van der Waals surface area (Å²) in [6.07, 6.45) is 2.44. The predicted octanol–water partition coefficient (Wildman–Crippen LogP) is 3.52. The van der Waals surface area contributed by atoms with Crippen molar-refractivity contribution in [1.82, 2.24) is 14.4 Å². The Morgan fingerprint density at radius 1 is 1.20 bits per heavy atom. The van der Waals surface area contributed by atoms with Crippen LogP contribution in [0.1, 0.15) is 24.1 Å². The van der Waals surface area contributed by atoms with Crippen molar-refractivity contribution in [2.75, 3.05) is 11.1 Å². The molecule has 30 heavy (non-hydrogen) atoms. The van der Waals surface area contributed by atoms with Crippen LogP contribution in [0.5, 0.6) is 0 Å². The van der Waals surface area contributed by atoms with E-state index in [1.807, 2.05) is 49.4 Å². The highest BCUT2D eigenvalue weighted by atomic mass is 19.1. The molecule has 0 radical (unpaired) electrons. The van der Waals surface area contributed by atoms with Crippen LogP contribution in [0, 0.1) is 17.1 Å². The molecular weight excluding hydrogens is 383 g/mol. The molecule has 0 bridgehead atoms. The van der Waals surface area contributed by atoms with Crippen LogP contribution < -0.4 is 16.6 Å². The number of nitrogens with zero attached hydrogens (tertiary/aromatic N) is 4. The highest BCUT2D eigenvalue weighted by Gasteiger charge is 2.20. The molecule has 0 amide bonds. The number of rotatable bonds is 4. The molecular formula is C22H17FN6O. The first-order valence-corrected chi connectivity index (χ1v) is 9.17. The molecule has 3 aromatic heterocycles. The highest BCUT2D eigenvalue weighted by Crippen LogP contribution is 2.29. The topological polar surface area (TPSA) is 109 Å². The van der Waals surface area contributed by atoms with Crippen LogP contribution in [0.15, 0.2) is 65.8 Å². The molecule has 0 saturated heterocycles. The number of hydrogen-bond acceptors (Lipinski definition) is 6. The highest BCUT2D eigenvalue weighted by molar-refractivity contribution is 5.72. The largest absolute Gasteiger partial charge is 0.382 e. The standard InChI is InChI=1S/C22H17FN6O/c1-13(28-21-18(10-24)20(25)26-12-27-21)17-9-16-8-7-15(23)11-29(16)22(30)19(17)14-5-3-2-4-6-14/h2-9,11-13H,1H3,(H3,25,26,27,28)/t13-/m0/s1. The molecule has 148 valence electrons. The Balaban J connectivity index is 1.92. The second-order valence-corrected chi connectivity index (χ2v) is 6.75. The maximum atomic E-state index is 13.8. The van der Waals surface area contributed by atoms with Crippen LogP contribution in [0.2, 0.25) is 0 Å². The Bertz CT molecular complexity index is 1340. The van der Waals surface area contributed by atoms with Crippen molar-refractivity contribution in [2.45, 2.75) is 13.0 Å². The number of nitrogens with one attached hydrogen (secondary N) is 1. The average molecular weight is 400 g/mol. The zero-order valence-electron chi connectivity index (χ0n) is 16.0. The van der Waals surface area contributed by atoms with Gasteiger partial charge in [-0.1, -0.05) is 30.3 Å². The van der Waals surface area contributed by atoms with E-state index in [2.05, 4.69) is 15.3 Å². The van der Waals surface area contributed by atoms with Gasteiger partial charge in [0.1, 0.15) is 35.4 Å². The van der Waals surface area contributed by atoms with Gasteiger partial charge in [0.15, 0.2) is 0 Å². The van der Waals surface area contributed by atoms with Crippen LogP contribution in [-0.4, -0.2) is 14.4 Å². The van der Waals surface area contributed by atoms with Gasteiger partial charge in [0, 0.05) is 11.7 Å². The molecule has 3 N–H and O–H groups in total. The molecule has 0 unspecified atom stereocenters. The van der Waals surface area contributed by atoms with E-state index in [1.54, 1.807) is 6.07 Å². The summed E-state index contributed by atoms with van der Waals surface area (Å²) in [5, 5.41) is 12.5. The molecule has 0 spiro atoms. The normalized spacial score (nSPS) is 11.8. The van der Waals surface area contributed by atoms with E-state index < -0.39 is 11.9 Å². The van der Waals surface area contributed by atoms with E-state index in [0.29, 0.717) is 22.2 Å². The molecule has 1 aromatic carbocycles. The van der Waals surface area contributed by atoms with Gasteiger partial charge in [-0.2, -0.15) is 5.26 Å². The molecule has 0 fully saturated rings. The number of pyridine rings is 2. The van der Waals surface area contributed by atoms with Crippen LogP contribution >= 0.6 is 0 Å². The number of anilines is 2. The first-order valence-electron chi connectivity index (χ1n) is 9.17. The summed E-state index contributed by atoms with van der Waals surface area (Å²) in [5.41, 5.74) is 7.92. The lowest BCUT2D eigenvalue weighted by Crippen LogP contribution is -2.21. The number of halogens is 1. The third kappa shape index (κ3) is 3.33. The third-order valence-electron chi connectivity index (χ3n) is 4.84. The Kier molecular flexibility index (Phi) is 4.86. The summed E-state index contributed by atoms with van der Waals surface area (Å²) >= 11 is 0. The Hall–Kier alpha value is -4.25. The van der Waals surface area contributed by atoms with Crippen LogP contribution in [0.3, 0.4) is 0 Å². The lowest BCUT2D eigenvalue weighted by atomic mass is 9.96. The van der Waals surface area contributed by atoms with Gasteiger partial charge in [-0.05, 0) is 36.2 Å². The fraction of sp³-hybridized carbons (Fsp3) is 0.0909. The van der Waals surface area contributed by atoms with Gasteiger partial charge in [-0.25, -0.2) is 14.4 Å². The van der Waals surface area contributed by atoms with E-state index in [9.17, 15) is 14.4 Å². The fourth-order valence-electron chi connectivity index (χ4n) is 3.39. The summed E-state index contributed by atoms with van der Waals surface area (Å²) in [6, 6.07) is 15.4. The lowest BCUT2D eigenvalue weighted by Gasteiger charge is -2.20. The smallest absolute Gasteiger partial charge is 0.263 e. The summed E-state index contributed by atoms with van der Waals surface area (Å²) in [6.45, 7) is 1.85. The van der Waals surface area contributed by atoms with E-state index >= 15 is 0 Å². The molecule has 7 nitrogen and oxygen atoms in total. The Morgan fingerprint density at radius 2 is 1.97 bits per heavy atom. The van der Waals surface area contributed by atoms with E-state index in [4.69, 9.17) is 5.73 Å². The molecule has 8 heteroatoms. The number of nitrogen functional groups attached to an aromatic ring is 1. The summed E-state index contributed by atoms with van der Waals surface area (Å²) < 4.78 is 15.1. The van der Waals surface area contributed by atoms with Gasteiger partial charge in [-0.15, -0.1) is 0 Å². The van der Waals surface area contributed by atoms with Gasteiger partial charge in [0.25, 0.3) is 5.56 Å². The fourth-order valence-corrected chi connectivity index (χ4v) is 3.39.